The number of halogens is 1. The van der Waals surface area contributed by atoms with E-state index in [0.29, 0.717) is 30.8 Å². The van der Waals surface area contributed by atoms with Crippen molar-refractivity contribution in [2.45, 2.75) is 25.3 Å². The van der Waals surface area contributed by atoms with Crippen molar-refractivity contribution in [1.29, 1.82) is 0 Å². The molecule has 0 saturated carbocycles. The molecule has 0 unspecified atom stereocenters. The molecule has 24 heavy (non-hydrogen) atoms. The third-order valence-corrected chi connectivity index (χ3v) is 4.80. The highest BCUT2D eigenvalue weighted by molar-refractivity contribution is 5.77. The fraction of sp³-hybridized carbons (Fsp3) is 0.611. The zero-order valence-corrected chi connectivity index (χ0v) is 13.7. The van der Waals surface area contributed by atoms with Gasteiger partial charge in [0.2, 0.25) is 0 Å². The number of rotatable bonds is 5. The Balaban J connectivity index is 1.50. The number of carbonyl (C=O) groups is 1. The molecule has 3 rings (SSSR count). The van der Waals surface area contributed by atoms with Gasteiger partial charge in [-0.1, -0.05) is 0 Å². The fourth-order valence-corrected chi connectivity index (χ4v) is 3.48. The highest BCUT2D eigenvalue weighted by Gasteiger charge is 2.34. The molecular formula is C18H24FNO4. The SMILES string of the molecule is O=C(COc1ccc(F)cc1)N[C@@H]1CCOC[C@@H]1C1CCOCC1. The molecule has 0 bridgehead atoms. The summed E-state index contributed by atoms with van der Waals surface area (Å²) in [6.07, 6.45) is 2.86. The predicted molar refractivity (Wildman–Crippen MR) is 86.3 cm³/mol. The smallest absolute Gasteiger partial charge is 0.258 e. The van der Waals surface area contributed by atoms with Gasteiger partial charge in [0.25, 0.3) is 5.91 Å². The monoisotopic (exact) mass is 337 g/mol. The number of nitrogens with one attached hydrogen (secondary N) is 1. The molecule has 0 aromatic heterocycles. The second kappa shape index (κ2) is 8.44. The molecule has 2 heterocycles. The lowest BCUT2D eigenvalue weighted by Crippen LogP contribution is -2.50. The molecule has 5 nitrogen and oxygen atoms in total. The quantitative estimate of drug-likeness (QED) is 0.894. The molecular weight excluding hydrogens is 313 g/mol. The van der Waals surface area contributed by atoms with Crippen molar-refractivity contribution >= 4 is 5.91 Å². The summed E-state index contributed by atoms with van der Waals surface area (Å²) in [4.78, 5) is 12.2. The maximum absolute atomic E-state index is 12.9. The zero-order valence-electron chi connectivity index (χ0n) is 13.7. The maximum Gasteiger partial charge on any atom is 0.258 e. The summed E-state index contributed by atoms with van der Waals surface area (Å²) in [5.74, 6) is 0.871. The van der Waals surface area contributed by atoms with Gasteiger partial charge in [0.05, 0.1) is 6.61 Å². The van der Waals surface area contributed by atoms with Crippen LogP contribution in [0.3, 0.4) is 0 Å². The molecule has 0 radical (unpaired) electrons. The minimum Gasteiger partial charge on any atom is -0.484 e. The van der Waals surface area contributed by atoms with Crippen LogP contribution in [-0.4, -0.2) is 45.0 Å². The van der Waals surface area contributed by atoms with Crippen LogP contribution in [0.15, 0.2) is 24.3 Å². The van der Waals surface area contributed by atoms with Gasteiger partial charge in [0.1, 0.15) is 11.6 Å². The van der Waals surface area contributed by atoms with Gasteiger partial charge < -0.3 is 19.5 Å². The maximum atomic E-state index is 12.9. The summed E-state index contributed by atoms with van der Waals surface area (Å²) in [5.41, 5.74) is 0. The van der Waals surface area contributed by atoms with E-state index in [-0.39, 0.29) is 24.4 Å². The molecule has 2 aliphatic rings. The van der Waals surface area contributed by atoms with Crippen molar-refractivity contribution in [2.24, 2.45) is 11.8 Å². The van der Waals surface area contributed by atoms with Gasteiger partial charge in [0, 0.05) is 31.8 Å². The predicted octanol–water partition coefficient (Wildman–Crippen LogP) is 2.15. The number of amides is 1. The largest absolute Gasteiger partial charge is 0.484 e. The van der Waals surface area contributed by atoms with Gasteiger partial charge in [-0.05, 0) is 49.4 Å². The number of hydrogen-bond acceptors (Lipinski definition) is 4. The van der Waals surface area contributed by atoms with E-state index in [1.807, 2.05) is 0 Å². The lowest BCUT2D eigenvalue weighted by Gasteiger charge is -2.39. The van der Waals surface area contributed by atoms with Gasteiger partial charge >= 0.3 is 0 Å². The second-order valence-electron chi connectivity index (χ2n) is 6.39. The van der Waals surface area contributed by atoms with Crippen LogP contribution in [0.5, 0.6) is 5.75 Å². The van der Waals surface area contributed by atoms with E-state index in [1.54, 1.807) is 0 Å². The first-order valence-electron chi connectivity index (χ1n) is 8.55. The second-order valence-corrected chi connectivity index (χ2v) is 6.39. The molecule has 1 aromatic carbocycles. The summed E-state index contributed by atoms with van der Waals surface area (Å²) >= 11 is 0. The Morgan fingerprint density at radius 2 is 1.83 bits per heavy atom. The number of carbonyl (C=O) groups excluding carboxylic acids is 1. The summed E-state index contributed by atoms with van der Waals surface area (Å²) in [6.45, 7) is 2.87. The number of hydrogen-bond donors (Lipinski definition) is 1. The molecule has 0 aliphatic carbocycles. The van der Waals surface area contributed by atoms with E-state index in [9.17, 15) is 9.18 Å². The zero-order chi connectivity index (χ0) is 16.8. The van der Waals surface area contributed by atoms with Gasteiger partial charge in [-0.25, -0.2) is 4.39 Å². The van der Waals surface area contributed by atoms with E-state index < -0.39 is 0 Å². The Bertz CT molecular complexity index is 530. The Morgan fingerprint density at radius 3 is 2.58 bits per heavy atom. The lowest BCUT2D eigenvalue weighted by atomic mass is 9.79. The van der Waals surface area contributed by atoms with Crippen LogP contribution in [0, 0.1) is 17.7 Å². The first-order valence-corrected chi connectivity index (χ1v) is 8.55. The third kappa shape index (κ3) is 4.68. The van der Waals surface area contributed by atoms with Crippen LogP contribution >= 0.6 is 0 Å². The van der Waals surface area contributed by atoms with Gasteiger partial charge in [-0.2, -0.15) is 0 Å². The van der Waals surface area contributed by atoms with Crippen molar-refractivity contribution in [1.82, 2.24) is 5.32 Å². The van der Waals surface area contributed by atoms with Crippen molar-refractivity contribution in [3.05, 3.63) is 30.1 Å². The minimum absolute atomic E-state index is 0.0660. The average Bonchev–Trinajstić information content (AvgIpc) is 2.62. The molecule has 2 fully saturated rings. The van der Waals surface area contributed by atoms with Crippen LogP contribution in [-0.2, 0) is 14.3 Å². The van der Waals surface area contributed by atoms with Crippen molar-refractivity contribution in [3.8, 4) is 5.75 Å². The molecule has 2 saturated heterocycles. The third-order valence-electron chi connectivity index (χ3n) is 4.80. The molecule has 6 heteroatoms. The topological polar surface area (TPSA) is 56.8 Å². The van der Waals surface area contributed by atoms with Crippen LogP contribution < -0.4 is 10.1 Å². The Hall–Kier alpha value is -1.66. The molecule has 0 spiro atoms. The van der Waals surface area contributed by atoms with Gasteiger partial charge in [-0.15, -0.1) is 0 Å². The summed E-state index contributed by atoms with van der Waals surface area (Å²) in [6, 6.07) is 5.77. The molecule has 2 aliphatic heterocycles. The lowest BCUT2D eigenvalue weighted by molar-refractivity contribution is -0.125. The number of ether oxygens (including phenoxy) is 3. The highest BCUT2D eigenvalue weighted by atomic mass is 19.1. The van der Waals surface area contributed by atoms with E-state index >= 15 is 0 Å². The van der Waals surface area contributed by atoms with Crippen LogP contribution in [0.1, 0.15) is 19.3 Å². The Morgan fingerprint density at radius 1 is 1.12 bits per heavy atom. The van der Waals surface area contributed by atoms with Crippen molar-refractivity contribution in [3.63, 3.8) is 0 Å². The van der Waals surface area contributed by atoms with Crippen LogP contribution in [0.25, 0.3) is 0 Å². The molecule has 2 atom stereocenters. The van der Waals surface area contributed by atoms with Crippen LogP contribution in [0.4, 0.5) is 4.39 Å². The standard InChI is InChI=1S/C18H24FNO4/c19-14-1-3-15(4-2-14)24-12-18(21)20-17-7-10-23-11-16(17)13-5-8-22-9-6-13/h1-4,13,16-17H,5-12H2,(H,20,21)/t16-,17-/m1/s1. The van der Waals surface area contributed by atoms with E-state index in [4.69, 9.17) is 14.2 Å². The normalized spacial score (nSPS) is 25.2. The van der Waals surface area contributed by atoms with Gasteiger partial charge in [-0.3, -0.25) is 4.79 Å². The van der Waals surface area contributed by atoms with Crippen molar-refractivity contribution < 1.29 is 23.4 Å². The fourth-order valence-electron chi connectivity index (χ4n) is 3.48. The van der Waals surface area contributed by atoms with E-state index in [1.165, 1.54) is 24.3 Å². The number of benzene rings is 1. The highest BCUT2D eigenvalue weighted by Crippen LogP contribution is 2.30. The molecule has 1 N–H and O–H groups in total. The Kier molecular flexibility index (Phi) is 6.04. The van der Waals surface area contributed by atoms with E-state index in [0.717, 1.165) is 32.5 Å². The molecule has 1 aromatic rings. The minimum atomic E-state index is -0.326. The molecule has 1 amide bonds. The first kappa shape index (κ1) is 17.2. The van der Waals surface area contributed by atoms with Gasteiger partial charge in [0.15, 0.2) is 6.61 Å². The van der Waals surface area contributed by atoms with Crippen LogP contribution in [0.2, 0.25) is 0 Å². The molecule has 132 valence electrons. The summed E-state index contributed by atoms with van der Waals surface area (Å²) in [5, 5.41) is 3.09. The van der Waals surface area contributed by atoms with Crippen molar-refractivity contribution in [2.75, 3.05) is 33.0 Å². The summed E-state index contributed by atoms with van der Waals surface area (Å²) in [7, 11) is 0. The Labute approximate surface area is 141 Å². The first-order chi connectivity index (χ1) is 11.7. The average molecular weight is 337 g/mol. The summed E-state index contributed by atoms with van der Waals surface area (Å²) < 4.78 is 29.3. The van der Waals surface area contributed by atoms with E-state index in [2.05, 4.69) is 5.32 Å².